The number of hydrogen-bond donors (Lipinski definition) is 1. The van der Waals surface area contributed by atoms with Gasteiger partial charge in [-0.25, -0.2) is 4.79 Å². The van der Waals surface area contributed by atoms with E-state index < -0.39 is 0 Å². The zero-order valence-corrected chi connectivity index (χ0v) is 9.01. The predicted octanol–water partition coefficient (Wildman–Crippen LogP) is 2.12. The molecule has 2 fully saturated rings. The molecule has 0 radical (unpaired) electrons. The molecule has 0 unspecified atom stereocenters. The summed E-state index contributed by atoms with van der Waals surface area (Å²) in [5, 5.41) is 3.00. The van der Waals surface area contributed by atoms with E-state index in [-0.39, 0.29) is 6.03 Å². The van der Waals surface area contributed by atoms with Gasteiger partial charge >= 0.3 is 6.03 Å². The third-order valence-electron chi connectivity index (χ3n) is 3.71. The van der Waals surface area contributed by atoms with Crippen LogP contribution in [0, 0.1) is 0 Å². The first kappa shape index (κ1) is 9.81. The van der Waals surface area contributed by atoms with Crippen LogP contribution >= 0.6 is 0 Å². The molecule has 2 rings (SSSR count). The molecule has 0 aromatic rings. The van der Waals surface area contributed by atoms with E-state index in [9.17, 15) is 4.79 Å². The molecule has 1 spiro atoms. The van der Waals surface area contributed by atoms with Crippen molar-refractivity contribution in [2.75, 3.05) is 13.1 Å². The van der Waals surface area contributed by atoms with Crippen LogP contribution in [0.5, 0.6) is 0 Å². The molecule has 1 aliphatic heterocycles. The first-order valence-electron chi connectivity index (χ1n) is 5.84. The highest BCUT2D eigenvalue weighted by atomic mass is 16.2. The minimum atomic E-state index is 0.171. The van der Waals surface area contributed by atoms with Crippen molar-refractivity contribution < 1.29 is 4.79 Å². The molecule has 14 heavy (non-hydrogen) atoms. The number of carbonyl (C=O) groups excluding carboxylic acids is 1. The summed E-state index contributed by atoms with van der Waals surface area (Å²) in [5.41, 5.74) is 0.302. The summed E-state index contributed by atoms with van der Waals surface area (Å²) in [6.45, 7) is 3.95. The molecule has 0 bridgehead atoms. The first-order chi connectivity index (χ1) is 6.78. The molecule has 0 aromatic heterocycles. The van der Waals surface area contributed by atoms with E-state index in [1.165, 1.54) is 25.7 Å². The number of carbonyl (C=O) groups is 1. The number of hydrogen-bond acceptors (Lipinski definition) is 1. The molecular weight excluding hydrogens is 176 g/mol. The molecule has 80 valence electrons. The molecule has 1 saturated heterocycles. The van der Waals surface area contributed by atoms with Crippen LogP contribution in [-0.4, -0.2) is 29.6 Å². The highest BCUT2D eigenvalue weighted by molar-refractivity contribution is 5.76. The summed E-state index contributed by atoms with van der Waals surface area (Å²) >= 11 is 0. The van der Waals surface area contributed by atoms with E-state index in [4.69, 9.17) is 0 Å². The Morgan fingerprint density at radius 2 is 2.21 bits per heavy atom. The Hall–Kier alpha value is -0.730. The lowest BCUT2D eigenvalue weighted by atomic mass is 9.68. The van der Waals surface area contributed by atoms with E-state index in [0.717, 1.165) is 25.9 Å². The van der Waals surface area contributed by atoms with Crippen LogP contribution in [0.2, 0.25) is 0 Å². The van der Waals surface area contributed by atoms with Gasteiger partial charge in [0.15, 0.2) is 0 Å². The standard InChI is InChI=1S/C11H20N2O/c1-2-3-8-12-10(14)13-9-7-11(13)5-4-6-11/h2-9H2,1H3,(H,12,14). The van der Waals surface area contributed by atoms with Crippen LogP contribution in [0.3, 0.4) is 0 Å². The Bertz CT molecular complexity index is 218. The summed E-state index contributed by atoms with van der Waals surface area (Å²) in [4.78, 5) is 13.8. The van der Waals surface area contributed by atoms with Gasteiger partial charge in [0.25, 0.3) is 0 Å². The molecule has 2 amide bonds. The average molecular weight is 196 g/mol. The number of rotatable bonds is 3. The highest BCUT2D eigenvalue weighted by Crippen LogP contribution is 2.46. The number of urea groups is 1. The van der Waals surface area contributed by atoms with Gasteiger partial charge in [-0.2, -0.15) is 0 Å². The lowest BCUT2D eigenvalue weighted by molar-refractivity contribution is -0.0363. The van der Waals surface area contributed by atoms with Gasteiger partial charge in [0.05, 0.1) is 0 Å². The SMILES string of the molecule is CCCCNC(=O)N1CCC12CCC2. The monoisotopic (exact) mass is 196 g/mol. The van der Waals surface area contributed by atoms with Gasteiger partial charge in [0, 0.05) is 18.6 Å². The Morgan fingerprint density at radius 1 is 1.43 bits per heavy atom. The summed E-state index contributed by atoms with van der Waals surface area (Å²) in [7, 11) is 0. The average Bonchev–Trinajstić information content (AvgIpc) is 1.99. The maximum atomic E-state index is 11.7. The summed E-state index contributed by atoms with van der Waals surface area (Å²) in [5.74, 6) is 0. The van der Waals surface area contributed by atoms with Crippen molar-refractivity contribution in [3.63, 3.8) is 0 Å². The van der Waals surface area contributed by atoms with Crippen molar-refractivity contribution in [1.82, 2.24) is 10.2 Å². The molecule has 1 N–H and O–H groups in total. The third kappa shape index (κ3) is 1.49. The molecule has 2 aliphatic rings. The lowest BCUT2D eigenvalue weighted by Gasteiger charge is -2.58. The number of nitrogens with zero attached hydrogens (tertiary/aromatic N) is 1. The normalized spacial score (nSPS) is 22.8. The molecule has 1 heterocycles. The quantitative estimate of drug-likeness (QED) is 0.689. The van der Waals surface area contributed by atoms with Gasteiger partial charge in [-0.05, 0) is 32.1 Å². The van der Waals surface area contributed by atoms with Gasteiger partial charge in [0.2, 0.25) is 0 Å². The zero-order chi connectivity index (χ0) is 10.0. The maximum Gasteiger partial charge on any atom is 0.317 e. The largest absolute Gasteiger partial charge is 0.338 e. The van der Waals surface area contributed by atoms with E-state index in [1.54, 1.807) is 0 Å². The van der Waals surface area contributed by atoms with Gasteiger partial charge in [0.1, 0.15) is 0 Å². The van der Waals surface area contributed by atoms with Crippen LogP contribution in [0.1, 0.15) is 45.4 Å². The fraction of sp³-hybridized carbons (Fsp3) is 0.909. The van der Waals surface area contributed by atoms with Crippen molar-refractivity contribution >= 4 is 6.03 Å². The van der Waals surface area contributed by atoms with Crippen LogP contribution in [0.15, 0.2) is 0 Å². The lowest BCUT2D eigenvalue weighted by Crippen LogP contribution is -2.67. The van der Waals surface area contributed by atoms with Crippen molar-refractivity contribution in [2.24, 2.45) is 0 Å². The fourth-order valence-electron chi connectivity index (χ4n) is 2.43. The smallest absolute Gasteiger partial charge is 0.317 e. The predicted molar refractivity (Wildman–Crippen MR) is 56.2 cm³/mol. The van der Waals surface area contributed by atoms with Crippen molar-refractivity contribution in [2.45, 2.75) is 51.0 Å². The van der Waals surface area contributed by atoms with Gasteiger partial charge < -0.3 is 10.2 Å². The molecule has 1 saturated carbocycles. The second-order valence-corrected chi connectivity index (χ2v) is 4.57. The van der Waals surface area contributed by atoms with E-state index >= 15 is 0 Å². The van der Waals surface area contributed by atoms with Crippen LogP contribution in [-0.2, 0) is 0 Å². The summed E-state index contributed by atoms with van der Waals surface area (Å²) in [6, 6.07) is 0.171. The Balaban J connectivity index is 1.75. The summed E-state index contributed by atoms with van der Waals surface area (Å²) < 4.78 is 0. The van der Waals surface area contributed by atoms with Crippen LogP contribution in [0.25, 0.3) is 0 Å². The van der Waals surface area contributed by atoms with E-state index in [2.05, 4.69) is 12.2 Å². The van der Waals surface area contributed by atoms with Gasteiger partial charge in [-0.3, -0.25) is 0 Å². The van der Waals surface area contributed by atoms with Gasteiger partial charge in [-0.1, -0.05) is 13.3 Å². The minimum Gasteiger partial charge on any atom is -0.338 e. The van der Waals surface area contributed by atoms with Gasteiger partial charge in [-0.15, -0.1) is 0 Å². The Kier molecular flexibility index (Phi) is 2.66. The number of nitrogens with one attached hydrogen (secondary N) is 1. The molecule has 3 nitrogen and oxygen atoms in total. The molecule has 3 heteroatoms. The maximum absolute atomic E-state index is 11.7. The molecule has 1 aliphatic carbocycles. The third-order valence-corrected chi connectivity index (χ3v) is 3.71. The minimum absolute atomic E-state index is 0.171. The second-order valence-electron chi connectivity index (χ2n) is 4.57. The topological polar surface area (TPSA) is 32.3 Å². The number of amides is 2. The number of likely N-dealkylation sites (tertiary alicyclic amines) is 1. The van der Waals surface area contributed by atoms with Crippen molar-refractivity contribution in [3.8, 4) is 0 Å². The second kappa shape index (κ2) is 3.79. The first-order valence-corrected chi connectivity index (χ1v) is 5.84. The van der Waals surface area contributed by atoms with E-state index in [0.29, 0.717) is 5.54 Å². The fourth-order valence-corrected chi connectivity index (χ4v) is 2.43. The van der Waals surface area contributed by atoms with Crippen molar-refractivity contribution in [3.05, 3.63) is 0 Å². The zero-order valence-electron chi connectivity index (χ0n) is 9.01. The number of unbranched alkanes of at least 4 members (excludes halogenated alkanes) is 1. The molecule has 0 aromatic carbocycles. The highest BCUT2D eigenvalue weighted by Gasteiger charge is 2.51. The molecular formula is C11H20N2O. The Morgan fingerprint density at radius 3 is 2.64 bits per heavy atom. The van der Waals surface area contributed by atoms with Crippen molar-refractivity contribution in [1.29, 1.82) is 0 Å². The Labute approximate surface area is 85.8 Å². The molecule has 0 atom stereocenters. The van der Waals surface area contributed by atoms with Crippen LogP contribution < -0.4 is 5.32 Å². The van der Waals surface area contributed by atoms with E-state index in [1.807, 2.05) is 4.90 Å². The van der Waals surface area contributed by atoms with Crippen LogP contribution in [0.4, 0.5) is 4.79 Å². The summed E-state index contributed by atoms with van der Waals surface area (Å²) in [6.07, 6.45) is 7.23.